The third-order valence-electron chi connectivity index (χ3n) is 5.58. The first-order valence-electron chi connectivity index (χ1n) is 10.3. The van der Waals surface area contributed by atoms with Crippen molar-refractivity contribution in [1.29, 1.82) is 0 Å². The van der Waals surface area contributed by atoms with Gasteiger partial charge in [0, 0.05) is 48.4 Å². The fourth-order valence-corrected chi connectivity index (χ4v) is 3.87. The van der Waals surface area contributed by atoms with Crippen LogP contribution >= 0.6 is 0 Å². The van der Waals surface area contributed by atoms with Crippen molar-refractivity contribution in [3.8, 4) is 22.6 Å². The first kappa shape index (κ1) is 19.4. The number of anilines is 1. The van der Waals surface area contributed by atoms with E-state index in [9.17, 15) is 4.79 Å². The number of amides is 1. The number of ether oxygens (including phenoxy) is 1. The number of nitrogens with zero attached hydrogens (tertiary/aromatic N) is 5. The largest absolute Gasteiger partial charge is 0.379 e. The van der Waals surface area contributed by atoms with Crippen LogP contribution in [0.1, 0.15) is 0 Å². The number of benzene rings is 2. The Balaban J connectivity index is 1.42. The molecule has 4 aromatic rings. The number of aromatic amines is 2. The summed E-state index contributed by atoms with van der Waals surface area (Å²) >= 11 is 0. The van der Waals surface area contributed by atoms with E-state index in [4.69, 9.17) is 4.74 Å². The van der Waals surface area contributed by atoms with Crippen molar-refractivity contribution in [2.24, 2.45) is 0 Å². The molecule has 1 amide bonds. The van der Waals surface area contributed by atoms with Crippen molar-refractivity contribution in [3.05, 3.63) is 48.8 Å². The molecule has 0 saturated carbocycles. The molecule has 0 atom stereocenters. The van der Waals surface area contributed by atoms with Crippen molar-refractivity contribution < 1.29 is 9.53 Å². The molecule has 2 aromatic carbocycles. The van der Waals surface area contributed by atoms with Gasteiger partial charge in [-0.15, -0.1) is 0 Å². The van der Waals surface area contributed by atoms with Crippen LogP contribution in [0, 0.1) is 0 Å². The topological polar surface area (TPSA) is 103 Å². The van der Waals surface area contributed by atoms with Gasteiger partial charge in [-0.25, -0.2) is 4.98 Å². The molecule has 2 N–H and O–H groups in total. The molecular weight excluding hydrogens is 394 g/mol. The van der Waals surface area contributed by atoms with E-state index < -0.39 is 0 Å². The molecule has 31 heavy (non-hydrogen) atoms. The summed E-state index contributed by atoms with van der Waals surface area (Å²) in [6.07, 6.45) is 2.45. The highest BCUT2D eigenvalue weighted by Gasteiger charge is 2.15. The van der Waals surface area contributed by atoms with E-state index in [1.807, 2.05) is 42.5 Å². The van der Waals surface area contributed by atoms with Crippen LogP contribution in [-0.2, 0) is 9.53 Å². The summed E-state index contributed by atoms with van der Waals surface area (Å²) in [6.45, 7) is 4.75. The number of hydrogen-bond acceptors (Lipinski definition) is 6. The lowest BCUT2D eigenvalue weighted by molar-refractivity contribution is -0.107. The maximum Gasteiger partial charge on any atom is 0.214 e. The number of H-pyrrole nitrogens is 2. The fraction of sp³-hybridized carbons (Fsp3) is 0.273. The van der Waals surface area contributed by atoms with Crippen LogP contribution in [0.3, 0.4) is 0 Å². The zero-order valence-corrected chi connectivity index (χ0v) is 17.0. The Hall–Kier alpha value is -3.56. The first-order chi connectivity index (χ1) is 15.3. The lowest BCUT2D eigenvalue weighted by atomic mass is 10.0. The molecule has 2 aromatic heterocycles. The van der Waals surface area contributed by atoms with Gasteiger partial charge in [0.05, 0.1) is 24.4 Å². The molecule has 0 aliphatic carbocycles. The normalized spacial score (nSPS) is 14.7. The molecule has 1 aliphatic rings. The Kier molecular flexibility index (Phi) is 5.42. The van der Waals surface area contributed by atoms with Gasteiger partial charge in [0.2, 0.25) is 6.41 Å². The van der Waals surface area contributed by atoms with Crippen LogP contribution in [0.5, 0.6) is 0 Å². The predicted molar refractivity (Wildman–Crippen MR) is 118 cm³/mol. The van der Waals surface area contributed by atoms with E-state index >= 15 is 0 Å². The van der Waals surface area contributed by atoms with E-state index in [1.54, 1.807) is 11.2 Å². The highest BCUT2D eigenvalue weighted by molar-refractivity contribution is 5.96. The first-order valence-corrected chi connectivity index (χ1v) is 10.3. The minimum atomic E-state index is 0.628. The molecular formula is C22H23N7O2. The van der Waals surface area contributed by atoms with Crippen molar-refractivity contribution in [3.63, 3.8) is 0 Å². The van der Waals surface area contributed by atoms with Gasteiger partial charge in [-0.1, -0.05) is 12.1 Å². The monoisotopic (exact) mass is 417 g/mol. The van der Waals surface area contributed by atoms with Gasteiger partial charge >= 0.3 is 0 Å². The zero-order valence-electron chi connectivity index (χ0n) is 17.0. The Morgan fingerprint density at radius 2 is 2.00 bits per heavy atom. The molecule has 1 aliphatic heterocycles. The van der Waals surface area contributed by atoms with Gasteiger partial charge in [0.1, 0.15) is 6.33 Å². The number of morpholine rings is 1. The van der Waals surface area contributed by atoms with Crippen LogP contribution < -0.4 is 4.90 Å². The Morgan fingerprint density at radius 1 is 1.10 bits per heavy atom. The highest BCUT2D eigenvalue weighted by atomic mass is 16.5. The number of rotatable bonds is 7. The number of nitrogens with one attached hydrogen (secondary N) is 2. The van der Waals surface area contributed by atoms with Crippen LogP contribution in [0.25, 0.3) is 33.5 Å². The molecule has 0 spiro atoms. The zero-order chi connectivity index (χ0) is 21.0. The maximum atomic E-state index is 11.8. The van der Waals surface area contributed by atoms with Gasteiger partial charge in [0.15, 0.2) is 5.82 Å². The van der Waals surface area contributed by atoms with Crippen molar-refractivity contribution in [1.82, 2.24) is 30.3 Å². The second kappa shape index (κ2) is 8.66. The summed E-state index contributed by atoms with van der Waals surface area (Å²) in [6, 6.07) is 13.9. The van der Waals surface area contributed by atoms with Crippen molar-refractivity contribution in [2.45, 2.75) is 0 Å². The van der Waals surface area contributed by atoms with Crippen molar-refractivity contribution >= 4 is 23.0 Å². The summed E-state index contributed by atoms with van der Waals surface area (Å²) in [7, 11) is 0. The molecule has 9 nitrogen and oxygen atoms in total. The molecule has 3 heterocycles. The minimum Gasteiger partial charge on any atom is -0.379 e. The lowest BCUT2D eigenvalue weighted by Gasteiger charge is -2.28. The van der Waals surface area contributed by atoms with E-state index in [2.05, 4.69) is 30.3 Å². The molecule has 1 saturated heterocycles. The molecule has 1 fully saturated rings. The Bertz CT molecular complexity index is 1170. The highest BCUT2D eigenvalue weighted by Crippen LogP contribution is 2.31. The van der Waals surface area contributed by atoms with E-state index in [-0.39, 0.29) is 0 Å². The van der Waals surface area contributed by atoms with Gasteiger partial charge < -0.3 is 9.64 Å². The molecule has 5 rings (SSSR count). The third kappa shape index (κ3) is 4.05. The number of carbonyl (C=O) groups is 1. The molecule has 0 radical (unpaired) electrons. The second-order valence-corrected chi connectivity index (χ2v) is 7.46. The number of fused-ring (bicyclic) bond motifs is 1. The Labute approximate surface area is 179 Å². The summed E-state index contributed by atoms with van der Waals surface area (Å²) < 4.78 is 5.40. The molecule has 9 heteroatoms. The Morgan fingerprint density at radius 3 is 2.81 bits per heavy atom. The van der Waals surface area contributed by atoms with Gasteiger partial charge in [-0.05, 0) is 30.3 Å². The lowest BCUT2D eigenvalue weighted by Crippen LogP contribution is -2.41. The van der Waals surface area contributed by atoms with Gasteiger partial charge in [0.25, 0.3) is 0 Å². The average Bonchev–Trinajstić information content (AvgIpc) is 3.50. The smallest absolute Gasteiger partial charge is 0.214 e. The molecule has 0 unspecified atom stereocenters. The summed E-state index contributed by atoms with van der Waals surface area (Å²) in [5, 5.41) is 15.5. The average molecular weight is 417 g/mol. The maximum absolute atomic E-state index is 11.8. The summed E-state index contributed by atoms with van der Waals surface area (Å²) in [5.41, 5.74) is 4.45. The van der Waals surface area contributed by atoms with Crippen LogP contribution in [0.15, 0.2) is 48.8 Å². The summed E-state index contributed by atoms with van der Waals surface area (Å²) in [5.74, 6) is 0.637. The fourth-order valence-electron chi connectivity index (χ4n) is 3.87. The standard InChI is InChI=1S/C22H23N7O2/c30-15-29(7-6-28-8-10-31-11-9-28)18-3-1-2-16(12-18)21-19-13-17(22-23-14-24-27-22)4-5-20(19)25-26-21/h1-5,12-15H,6-11H2,(H,25,26)(H,23,24,27). The summed E-state index contributed by atoms with van der Waals surface area (Å²) in [4.78, 5) is 20.1. The molecule has 158 valence electrons. The SMILES string of the molecule is O=CN(CCN1CCOCC1)c1cccc(-c2n[nH]c3ccc(-c4nc[nH]n4)cc23)c1. The van der Waals surface area contributed by atoms with Gasteiger partial charge in [-0.3, -0.25) is 19.9 Å². The quantitative estimate of drug-likeness (QED) is 0.447. The second-order valence-electron chi connectivity index (χ2n) is 7.46. The predicted octanol–water partition coefficient (Wildman–Crippen LogP) is 2.31. The van der Waals surface area contributed by atoms with E-state index in [0.717, 1.165) is 72.7 Å². The van der Waals surface area contributed by atoms with E-state index in [0.29, 0.717) is 12.4 Å². The number of aromatic nitrogens is 5. The van der Waals surface area contributed by atoms with Crippen LogP contribution in [0.4, 0.5) is 5.69 Å². The minimum absolute atomic E-state index is 0.628. The molecule has 0 bridgehead atoms. The van der Waals surface area contributed by atoms with Crippen molar-refractivity contribution in [2.75, 3.05) is 44.3 Å². The van der Waals surface area contributed by atoms with Gasteiger partial charge in [-0.2, -0.15) is 10.2 Å². The third-order valence-corrected chi connectivity index (χ3v) is 5.58. The number of carbonyl (C=O) groups excluding carboxylic acids is 1. The van der Waals surface area contributed by atoms with Crippen LogP contribution in [0.2, 0.25) is 0 Å². The van der Waals surface area contributed by atoms with E-state index in [1.165, 1.54) is 0 Å². The number of hydrogen-bond donors (Lipinski definition) is 2. The van der Waals surface area contributed by atoms with Crippen LogP contribution in [-0.4, -0.2) is 76.1 Å².